The Hall–Kier alpha value is -2.95. The predicted molar refractivity (Wildman–Crippen MR) is 180 cm³/mol. The number of esters is 2. The number of Topliss-reactive ketones (excluding diaryl/α,β-unsaturated/α-hetero) is 1. The Labute approximate surface area is 267 Å². The number of ketones is 1. The van der Waals surface area contributed by atoms with E-state index < -0.39 is 10.8 Å². The summed E-state index contributed by atoms with van der Waals surface area (Å²) in [5.74, 6) is 0.966. The molecule has 2 aromatic rings. The Morgan fingerprint density at radius 3 is 1.23 bits per heavy atom. The van der Waals surface area contributed by atoms with E-state index in [-0.39, 0.29) is 17.7 Å². The van der Waals surface area contributed by atoms with Crippen molar-refractivity contribution in [1.29, 1.82) is 0 Å². The van der Waals surface area contributed by atoms with Crippen molar-refractivity contribution in [2.45, 2.75) is 130 Å². The Kier molecular flexibility index (Phi) is 15.3. The van der Waals surface area contributed by atoms with E-state index in [9.17, 15) is 14.4 Å². The Balaban J connectivity index is 1.90. The van der Waals surface area contributed by atoms with Crippen molar-refractivity contribution in [3.63, 3.8) is 0 Å². The summed E-state index contributed by atoms with van der Waals surface area (Å²) in [7, 11) is 0. The van der Waals surface area contributed by atoms with Crippen LogP contribution in [0.3, 0.4) is 0 Å². The standard InChI is InChI=1S/C39H58O5/c1-9-43-36(41)38(7,33-21-17-31(18-22-33)27-29(3)4)25-13-11-15-35(40)16-12-14-26-39(8,37(42)44-10-2)34-23-19-32(20-24-34)28-30(5)6/h17-24,29-30H,9-16,25-28H2,1-8H3. The molecular formula is C39H58O5. The maximum absolute atomic E-state index is 13.0. The van der Waals surface area contributed by atoms with Crippen LogP contribution >= 0.6 is 0 Å². The first-order valence-electron chi connectivity index (χ1n) is 16.9. The van der Waals surface area contributed by atoms with Gasteiger partial charge in [-0.3, -0.25) is 14.4 Å². The minimum atomic E-state index is -0.736. The molecule has 0 aliphatic carbocycles. The summed E-state index contributed by atoms with van der Waals surface area (Å²) in [6, 6.07) is 16.7. The zero-order valence-electron chi connectivity index (χ0n) is 28.8. The number of benzene rings is 2. The average molecular weight is 607 g/mol. The van der Waals surface area contributed by atoms with E-state index in [0.29, 0.717) is 50.7 Å². The van der Waals surface area contributed by atoms with Gasteiger partial charge in [0, 0.05) is 12.8 Å². The molecule has 0 radical (unpaired) electrons. The van der Waals surface area contributed by atoms with Crippen LogP contribution in [0.4, 0.5) is 0 Å². The topological polar surface area (TPSA) is 69.7 Å². The van der Waals surface area contributed by atoms with Crippen LogP contribution in [0.15, 0.2) is 48.5 Å². The molecule has 0 amide bonds. The summed E-state index contributed by atoms with van der Waals surface area (Å²) in [5, 5.41) is 0. The van der Waals surface area contributed by atoms with Crippen LogP contribution in [-0.4, -0.2) is 30.9 Å². The Bertz CT molecular complexity index is 1070. The smallest absolute Gasteiger partial charge is 0.316 e. The molecule has 0 heterocycles. The summed E-state index contributed by atoms with van der Waals surface area (Å²) in [5.41, 5.74) is 2.99. The predicted octanol–water partition coefficient (Wildman–Crippen LogP) is 9.12. The number of carbonyl (C=O) groups is 3. The van der Waals surface area contributed by atoms with Crippen LogP contribution in [-0.2, 0) is 47.5 Å². The fraction of sp³-hybridized carbons (Fsp3) is 0.615. The van der Waals surface area contributed by atoms with E-state index in [4.69, 9.17) is 9.47 Å². The molecule has 0 N–H and O–H groups in total. The van der Waals surface area contributed by atoms with E-state index in [1.807, 2.05) is 27.7 Å². The molecule has 44 heavy (non-hydrogen) atoms. The molecule has 2 atom stereocenters. The van der Waals surface area contributed by atoms with Crippen LogP contribution in [0.5, 0.6) is 0 Å². The lowest BCUT2D eigenvalue weighted by atomic mass is 9.77. The van der Waals surface area contributed by atoms with Gasteiger partial charge >= 0.3 is 11.9 Å². The maximum atomic E-state index is 13.0. The van der Waals surface area contributed by atoms with Gasteiger partial charge in [-0.05, 0) is 100 Å². The Morgan fingerprint density at radius 2 is 0.932 bits per heavy atom. The first-order valence-corrected chi connectivity index (χ1v) is 16.9. The second-order valence-corrected chi connectivity index (χ2v) is 13.6. The highest BCUT2D eigenvalue weighted by atomic mass is 16.5. The van der Waals surface area contributed by atoms with Gasteiger partial charge in [-0.1, -0.05) is 89.1 Å². The highest BCUT2D eigenvalue weighted by Gasteiger charge is 2.37. The van der Waals surface area contributed by atoms with Crippen molar-refractivity contribution in [2.75, 3.05) is 13.2 Å². The third-order valence-electron chi connectivity index (χ3n) is 8.69. The molecular weight excluding hydrogens is 548 g/mol. The SMILES string of the molecule is CCOC(=O)C(C)(CCCCC(=O)CCCCC(C)(C(=O)OCC)c1ccc(CC(C)C)cc1)c1ccc(CC(C)C)cc1. The molecule has 0 spiro atoms. The van der Waals surface area contributed by atoms with Gasteiger partial charge in [-0.15, -0.1) is 0 Å². The van der Waals surface area contributed by atoms with Crippen LogP contribution in [0.2, 0.25) is 0 Å². The van der Waals surface area contributed by atoms with Gasteiger partial charge in [-0.2, -0.15) is 0 Å². The van der Waals surface area contributed by atoms with E-state index in [0.717, 1.165) is 49.7 Å². The fourth-order valence-corrected chi connectivity index (χ4v) is 6.00. The van der Waals surface area contributed by atoms with Crippen LogP contribution < -0.4 is 0 Å². The van der Waals surface area contributed by atoms with Crippen molar-refractivity contribution in [3.8, 4) is 0 Å². The summed E-state index contributed by atoms with van der Waals surface area (Å²) in [6.45, 7) is 17.1. The lowest BCUT2D eigenvalue weighted by Crippen LogP contribution is -2.34. The van der Waals surface area contributed by atoms with Gasteiger partial charge in [0.05, 0.1) is 24.0 Å². The first-order chi connectivity index (χ1) is 20.8. The molecule has 0 bridgehead atoms. The lowest BCUT2D eigenvalue weighted by molar-refractivity contribution is -0.150. The number of hydrogen-bond donors (Lipinski definition) is 0. The summed E-state index contributed by atoms with van der Waals surface area (Å²) >= 11 is 0. The van der Waals surface area contributed by atoms with E-state index in [1.54, 1.807) is 0 Å². The third-order valence-corrected chi connectivity index (χ3v) is 8.69. The number of unbranched alkanes of at least 4 members (excludes halogenated alkanes) is 2. The number of hydrogen-bond acceptors (Lipinski definition) is 5. The molecule has 5 nitrogen and oxygen atoms in total. The van der Waals surface area contributed by atoms with Crippen LogP contribution in [0.25, 0.3) is 0 Å². The number of carbonyl (C=O) groups excluding carboxylic acids is 3. The lowest BCUT2D eigenvalue weighted by Gasteiger charge is -2.28. The maximum Gasteiger partial charge on any atom is 0.316 e. The molecule has 2 unspecified atom stereocenters. The minimum Gasteiger partial charge on any atom is -0.465 e. The van der Waals surface area contributed by atoms with Gasteiger partial charge in [0.15, 0.2) is 0 Å². The largest absolute Gasteiger partial charge is 0.465 e. The van der Waals surface area contributed by atoms with Crippen LogP contribution in [0.1, 0.15) is 129 Å². The van der Waals surface area contributed by atoms with E-state index >= 15 is 0 Å². The zero-order chi connectivity index (χ0) is 32.8. The molecule has 0 aromatic heterocycles. The van der Waals surface area contributed by atoms with Gasteiger partial charge in [0.1, 0.15) is 5.78 Å². The van der Waals surface area contributed by atoms with E-state index in [1.165, 1.54) is 11.1 Å². The fourth-order valence-electron chi connectivity index (χ4n) is 6.00. The van der Waals surface area contributed by atoms with Gasteiger partial charge in [0.2, 0.25) is 0 Å². The molecule has 0 aliphatic rings. The molecule has 244 valence electrons. The van der Waals surface area contributed by atoms with Crippen molar-refractivity contribution in [2.24, 2.45) is 11.8 Å². The highest BCUT2D eigenvalue weighted by molar-refractivity contribution is 5.83. The van der Waals surface area contributed by atoms with Gasteiger partial charge in [-0.25, -0.2) is 0 Å². The molecule has 2 aromatic carbocycles. The zero-order valence-corrected chi connectivity index (χ0v) is 28.8. The monoisotopic (exact) mass is 606 g/mol. The van der Waals surface area contributed by atoms with E-state index in [2.05, 4.69) is 76.2 Å². The Morgan fingerprint density at radius 1 is 0.591 bits per heavy atom. The highest BCUT2D eigenvalue weighted by Crippen LogP contribution is 2.34. The molecule has 0 saturated heterocycles. The molecule has 2 rings (SSSR count). The van der Waals surface area contributed by atoms with Crippen molar-refractivity contribution in [3.05, 3.63) is 70.8 Å². The summed E-state index contributed by atoms with van der Waals surface area (Å²) in [6.07, 6.45) is 7.29. The summed E-state index contributed by atoms with van der Waals surface area (Å²) < 4.78 is 10.9. The van der Waals surface area contributed by atoms with Crippen molar-refractivity contribution < 1.29 is 23.9 Å². The number of rotatable bonds is 20. The minimum absolute atomic E-state index is 0.206. The average Bonchev–Trinajstić information content (AvgIpc) is 2.97. The molecule has 0 fully saturated rings. The van der Waals surface area contributed by atoms with Crippen molar-refractivity contribution >= 4 is 17.7 Å². The second-order valence-electron chi connectivity index (χ2n) is 13.6. The normalized spacial score (nSPS) is 14.2. The first kappa shape index (κ1) is 37.2. The third kappa shape index (κ3) is 11.2. The van der Waals surface area contributed by atoms with Gasteiger partial charge in [0.25, 0.3) is 0 Å². The number of ether oxygens (including phenoxy) is 2. The van der Waals surface area contributed by atoms with Crippen molar-refractivity contribution in [1.82, 2.24) is 0 Å². The van der Waals surface area contributed by atoms with Crippen LogP contribution in [0, 0.1) is 11.8 Å². The molecule has 0 aliphatic heterocycles. The molecule has 0 saturated carbocycles. The second kappa shape index (κ2) is 18.1. The summed E-state index contributed by atoms with van der Waals surface area (Å²) in [4.78, 5) is 38.9. The quantitative estimate of drug-likeness (QED) is 0.111. The molecule has 5 heteroatoms. The van der Waals surface area contributed by atoms with Gasteiger partial charge < -0.3 is 9.47 Å².